The van der Waals surface area contributed by atoms with Crippen molar-refractivity contribution in [1.29, 1.82) is 0 Å². The maximum atomic E-state index is 11.1. The van der Waals surface area contributed by atoms with Gasteiger partial charge < -0.3 is 20.5 Å². The first-order chi connectivity index (χ1) is 10.7. The van der Waals surface area contributed by atoms with Gasteiger partial charge in [0, 0.05) is 26.2 Å². The molecule has 0 aromatic rings. The average molecular weight is 441 g/mol. The quantitative estimate of drug-likeness (QED) is 0.233. The Balaban J connectivity index is 0.00000484. The molecule has 0 atom stereocenters. The highest BCUT2D eigenvalue weighted by Gasteiger charge is 2.31. The van der Waals surface area contributed by atoms with Crippen LogP contribution in [0, 0.1) is 5.41 Å². The molecule has 3 N–H and O–H groups in total. The molecule has 1 aliphatic rings. The smallest absolute Gasteiger partial charge is 0.307 e. The second-order valence-corrected chi connectivity index (χ2v) is 5.98. The fourth-order valence-corrected chi connectivity index (χ4v) is 3.00. The topological polar surface area (TPSA) is 83.0 Å². The average Bonchev–Trinajstić information content (AvgIpc) is 2.53. The maximum Gasteiger partial charge on any atom is 0.307 e. The van der Waals surface area contributed by atoms with Gasteiger partial charge in [-0.05, 0) is 31.6 Å². The second-order valence-electron chi connectivity index (χ2n) is 5.98. The first-order valence-electron chi connectivity index (χ1n) is 8.35. The van der Waals surface area contributed by atoms with Crippen molar-refractivity contribution in [2.75, 3.05) is 33.4 Å². The third-order valence-electron chi connectivity index (χ3n) is 4.32. The third-order valence-corrected chi connectivity index (χ3v) is 4.32. The lowest BCUT2D eigenvalue weighted by Crippen LogP contribution is -2.40. The Kier molecular flexibility index (Phi) is 12.5. The summed E-state index contributed by atoms with van der Waals surface area (Å²) in [5, 5.41) is 15.7. The molecule has 0 unspecified atom stereocenters. The predicted octanol–water partition coefficient (Wildman–Crippen LogP) is 2.06. The van der Waals surface area contributed by atoms with E-state index >= 15 is 0 Å². The van der Waals surface area contributed by atoms with E-state index < -0.39 is 0 Å². The summed E-state index contributed by atoms with van der Waals surface area (Å²) in [6.07, 6.45) is 7.15. The van der Waals surface area contributed by atoms with Crippen LogP contribution >= 0.6 is 24.0 Å². The molecule has 0 aromatic heterocycles. The van der Waals surface area contributed by atoms with Crippen molar-refractivity contribution in [1.82, 2.24) is 10.6 Å². The van der Waals surface area contributed by atoms with Gasteiger partial charge in [0.1, 0.15) is 0 Å². The normalized spacial score (nSPS) is 17.1. The van der Waals surface area contributed by atoms with Gasteiger partial charge >= 0.3 is 5.97 Å². The third kappa shape index (κ3) is 8.74. The number of aliphatic hydroxyl groups is 1. The van der Waals surface area contributed by atoms with Gasteiger partial charge in [0.2, 0.25) is 0 Å². The molecule has 0 aliphatic heterocycles. The van der Waals surface area contributed by atoms with E-state index in [0.29, 0.717) is 13.0 Å². The highest BCUT2D eigenvalue weighted by atomic mass is 127. The summed E-state index contributed by atoms with van der Waals surface area (Å²) < 4.78 is 4.63. The Bertz CT molecular complexity index is 353. The van der Waals surface area contributed by atoms with Crippen LogP contribution in [-0.4, -0.2) is 50.4 Å². The van der Waals surface area contributed by atoms with E-state index in [9.17, 15) is 9.90 Å². The predicted molar refractivity (Wildman–Crippen MR) is 103 cm³/mol. The molecule has 0 heterocycles. The Hall–Kier alpha value is -0.570. The van der Waals surface area contributed by atoms with Crippen LogP contribution in [0.3, 0.4) is 0 Å². The number of carbonyl (C=O) groups excluding carboxylic acids is 1. The first kappa shape index (κ1) is 22.4. The number of nitrogens with zero attached hydrogens (tertiary/aromatic N) is 1. The van der Waals surface area contributed by atoms with Gasteiger partial charge in [-0.15, -0.1) is 24.0 Å². The van der Waals surface area contributed by atoms with Crippen molar-refractivity contribution in [2.24, 2.45) is 10.4 Å². The first-order valence-corrected chi connectivity index (χ1v) is 8.35. The number of methoxy groups -OCH3 is 1. The van der Waals surface area contributed by atoms with Crippen molar-refractivity contribution in [3.05, 3.63) is 0 Å². The zero-order valence-electron chi connectivity index (χ0n) is 14.4. The molecular weight excluding hydrogens is 409 g/mol. The van der Waals surface area contributed by atoms with E-state index in [0.717, 1.165) is 38.3 Å². The molecular formula is C16H32IN3O3. The van der Waals surface area contributed by atoms with Gasteiger partial charge in [-0.3, -0.25) is 9.79 Å². The second kappa shape index (κ2) is 12.8. The van der Waals surface area contributed by atoms with E-state index in [4.69, 9.17) is 0 Å². The van der Waals surface area contributed by atoms with Crippen molar-refractivity contribution in [3.8, 4) is 0 Å². The number of carbonyl (C=O) groups is 1. The Morgan fingerprint density at radius 1 is 1.26 bits per heavy atom. The molecule has 0 aromatic carbocycles. The number of rotatable bonds is 8. The number of nitrogens with one attached hydrogen (secondary N) is 2. The van der Waals surface area contributed by atoms with Crippen molar-refractivity contribution < 1.29 is 14.6 Å². The molecule has 0 radical (unpaired) electrons. The van der Waals surface area contributed by atoms with Gasteiger partial charge in [-0.2, -0.15) is 0 Å². The molecule has 23 heavy (non-hydrogen) atoms. The lowest BCUT2D eigenvalue weighted by Gasteiger charge is -2.35. The van der Waals surface area contributed by atoms with Gasteiger partial charge in [0.15, 0.2) is 5.96 Å². The number of esters is 1. The van der Waals surface area contributed by atoms with Crippen LogP contribution in [0.2, 0.25) is 0 Å². The van der Waals surface area contributed by atoms with Crippen molar-refractivity contribution in [3.63, 3.8) is 0 Å². The fraction of sp³-hybridized carbons (Fsp3) is 0.875. The van der Waals surface area contributed by atoms with Gasteiger partial charge in [-0.1, -0.05) is 19.3 Å². The maximum absolute atomic E-state index is 11.1. The molecule has 7 heteroatoms. The van der Waals surface area contributed by atoms with Crippen LogP contribution < -0.4 is 10.6 Å². The van der Waals surface area contributed by atoms with Crippen LogP contribution in [0.15, 0.2) is 4.99 Å². The number of guanidine groups is 1. The Labute approximate surface area is 156 Å². The van der Waals surface area contributed by atoms with Crippen LogP contribution in [0.1, 0.15) is 51.9 Å². The number of hydrogen-bond donors (Lipinski definition) is 3. The Morgan fingerprint density at radius 2 is 1.96 bits per heavy atom. The monoisotopic (exact) mass is 441 g/mol. The summed E-state index contributed by atoms with van der Waals surface area (Å²) >= 11 is 0. The molecule has 1 saturated carbocycles. The Morgan fingerprint density at radius 3 is 2.52 bits per heavy atom. The van der Waals surface area contributed by atoms with Gasteiger partial charge in [0.05, 0.1) is 13.5 Å². The summed E-state index contributed by atoms with van der Waals surface area (Å²) in [5.74, 6) is 0.502. The van der Waals surface area contributed by atoms with Crippen LogP contribution in [-0.2, 0) is 9.53 Å². The number of halogens is 1. The largest absolute Gasteiger partial charge is 0.469 e. The van der Waals surface area contributed by atoms with E-state index in [-0.39, 0.29) is 42.0 Å². The lowest BCUT2D eigenvalue weighted by atomic mass is 9.72. The van der Waals surface area contributed by atoms with Crippen LogP contribution in [0.25, 0.3) is 0 Å². The zero-order valence-corrected chi connectivity index (χ0v) is 16.7. The summed E-state index contributed by atoms with van der Waals surface area (Å²) in [4.78, 5) is 15.8. The number of ether oxygens (including phenoxy) is 1. The van der Waals surface area contributed by atoms with E-state index in [2.05, 4.69) is 20.4 Å². The number of hydrogen-bond acceptors (Lipinski definition) is 4. The summed E-state index contributed by atoms with van der Waals surface area (Å²) in [7, 11) is 1.39. The van der Waals surface area contributed by atoms with E-state index in [1.807, 2.05) is 6.92 Å². The molecule has 0 bridgehead atoms. The fourth-order valence-electron chi connectivity index (χ4n) is 3.00. The van der Waals surface area contributed by atoms with Crippen molar-refractivity contribution >= 4 is 35.9 Å². The summed E-state index contributed by atoms with van der Waals surface area (Å²) in [6.45, 7) is 4.24. The van der Waals surface area contributed by atoms with E-state index in [1.54, 1.807) is 0 Å². The minimum Gasteiger partial charge on any atom is -0.469 e. The molecule has 1 aliphatic carbocycles. The number of aliphatic imine (C=N–C) groups is 1. The van der Waals surface area contributed by atoms with Gasteiger partial charge in [-0.25, -0.2) is 0 Å². The zero-order chi connectivity index (χ0) is 16.3. The minimum absolute atomic E-state index is 0. The molecule has 0 amide bonds. The van der Waals surface area contributed by atoms with E-state index in [1.165, 1.54) is 26.4 Å². The highest BCUT2D eigenvalue weighted by Crippen LogP contribution is 2.39. The highest BCUT2D eigenvalue weighted by molar-refractivity contribution is 14.0. The molecule has 1 rings (SSSR count). The van der Waals surface area contributed by atoms with Crippen molar-refractivity contribution in [2.45, 2.75) is 51.9 Å². The lowest BCUT2D eigenvalue weighted by molar-refractivity contribution is -0.140. The van der Waals surface area contributed by atoms with Gasteiger partial charge in [0.25, 0.3) is 0 Å². The minimum atomic E-state index is -0.229. The molecule has 6 nitrogen and oxygen atoms in total. The van der Waals surface area contributed by atoms with Crippen LogP contribution in [0.5, 0.6) is 0 Å². The molecule has 1 fully saturated rings. The molecule has 0 saturated heterocycles. The molecule has 136 valence electrons. The summed E-state index contributed by atoms with van der Waals surface area (Å²) in [6, 6.07) is 0. The number of aliphatic hydroxyl groups excluding tert-OH is 1. The molecule has 0 spiro atoms. The van der Waals surface area contributed by atoms with Crippen LogP contribution in [0.4, 0.5) is 0 Å². The summed E-state index contributed by atoms with van der Waals surface area (Å²) in [5.41, 5.74) is 0.137. The SMILES string of the molecule is CCNC(=NCC1(CCO)CCCCC1)NCCC(=O)OC.I. The standard InChI is InChI=1S/C16H31N3O3.HI/c1-3-17-15(18-11-7-14(21)22-2)19-13-16(10-12-20)8-5-4-6-9-16;/h20H,3-13H2,1-2H3,(H2,17,18,19);1H.